The molecule has 0 saturated carbocycles. The number of hydrogen-bond acceptors (Lipinski definition) is 3. The van der Waals surface area contributed by atoms with Gasteiger partial charge in [-0.05, 0) is 31.0 Å². The van der Waals surface area contributed by atoms with Crippen molar-refractivity contribution in [3.8, 4) is 0 Å². The van der Waals surface area contributed by atoms with Crippen LogP contribution in [0, 0.1) is 0 Å². The van der Waals surface area contributed by atoms with Gasteiger partial charge in [-0.3, -0.25) is 9.52 Å². The maximum atomic E-state index is 11.8. The second kappa shape index (κ2) is 6.85. The molecule has 2 rings (SSSR count). The van der Waals surface area contributed by atoms with Crippen LogP contribution in [0.3, 0.4) is 0 Å². The van der Waals surface area contributed by atoms with Crippen LogP contribution in [0.5, 0.6) is 0 Å². The molecule has 1 saturated heterocycles. The van der Waals surface area contributed by atoms with Crippen molar-refractivity contribution in [3.05, 3.63) is 23.2 Å². The number of amides is 1. The van der Waals surface area contributed by atoms with Crippen molar-refractivity contribution in [1.82, 2.24) is 0 Å². The molecule has 1 fully saturated rings. The summed E-state index contributed by atoms with van der Waals surface area (Å²) in [5.41, 5.74) is 0.993. The molecule has 1 heterocycles. The Morgan fingerprint density at radius 2 is 2.10 bits per heavy atom. The molecule has 0 aliphatic carbocycles. The zero-order valence-corrected chi connectivity index (χ0v) is 13.6. The molecule has 21 heavy (non-hydrogen) atoms. The van der Waals surface area contributed by atoms with Gasteiger partial charge in [0, 0.05) is 18.8 Å². The molecule has 0 bridgehead atoms. The average Bonchev–Trinajstić information content (AvgIpc) is 2.82. The van der Waals surface area contributed by atoms with Crippen molar-refractivity contribution in [2.24, 2.45) is 0 Å². The minimum absolute atomic E-state index is 0.0346. The van der Waals surface area contributed by atoms with Gasteiger partial charge in [-0.25, -0.2) is 8.42 Å². The van der Waals surface area contributed by atoms with Gasteiger partial charge in [0.1, 0.15) is 0 Å². The highest BCUT2D eigenvalue weighted by molar-refractivity contribution is 7.92. The molecule has 0 spiro atoms. The Balaban J connectivity index is 2.14. The van der Waals surface area contributed by atoms with E-state index in [0.717, 1.165) is 6.42 Å². The predicted octanol–water partition coefficient (Wildman–Crippen LogP) is 2.84. The standard InChI is InChI=1S/C13H16Cl2N2O3S/c14-6-2-8-21(19,20)16-10-4-5-12(11(15)9-10)17-7-1-3-13(17)18/h4-5,9,16H,1-3,6-8H2. The Kier molecular flexibility index (Phi) is 5.35. The third-order valence-corrected chi connectivity index (χ3v) is 5.07. The van der Waals surface area contributed by atoms with Crippen LogP contribution >= 0.6 is 23.2 Å². The van der Waals surface area contributed by atoms with Gasteiger partial charge in [-0.2, -0.15) is 0 Å². The fourth-order valence-electron chi connectivity index (χ4n) is 2.17. The molecule has 0 unspecified atom stereocenters. The molecule has 1 aromatic rings. The van der Waals surface area contributed by atoms with Crippen molar-refractivity contribution in [2.75, 3.05) is 27.8 Å². The molecule has 0 aromatic heterocycles. The Morgan fingerprint density at radius 3 is 2.67 bits per heavy atom. The molecule has 1 aliphatic rings. The topological polar surface area (TPSA) is 66.5 Å². The van der Waals surface area contributed by atoms with Gasteiger partial charge in [0.05, 0.1) is 22.2 Å². The van der Waals surface area contributed by atoms with Crippen LogP contribution in [0.1, 0.15) is 19.3 Å². The Labute approximate surface area is 134 Å². The molecule has 1 N–H and O–H groups in total. The van der Waals surface area contributed by atoms with Crippen molar-refractivity contribution in [2.45, 2.75) is 19.3 Å². The number of hydrogen-bond donors (Lipinski definition) is 1. The van der Waals surface area contributed by atoms with Crippen LogP contribution in [0.15, 0.2) is 18.2 Å². The molecule has 5 nitrogen and oxygen atoms in total. The van der Waals surface area contributed by atoms with E-state index in [4.69, 9.17) is 23.2 Å². The molecule has 116 valence electrons. The van der Waals surface area contributed by atoms with Crippen molar-refractivity contribution < 1.29 is 13.2 Å². The predicted molar refractivity (Wildman–Crippen MR) is 85.8 cm³/mol. The van der Waals surface area contributed by atoms with Crippen molar-refractivity contribution in [3.63, 3.8) is 0 Å². The molecule has 1 aromatic carbocycles. The number of rotatable bonds is 6. The van der Waals surface area contributed by atoms with E-state index in [1.807, 2.05) is 0 Å². The third kappa shape index (κ3) is 4.25. The first-order chi connectivity index (χ1) is 9.93. The number of carbonyl (C=O) groups excluding carboxylic acids is 1. The summed E-state index contributed by atoms with van der Waals surface area (Å²) in [4.78, 5) is 13.3. The Hall–Kier alpha value is -0.980. The number of sulfonamides is 1. The van der Waals surface area contributed by atoms with Crippen LogP contribution in [-0.2, 0) is 14.8 Å². The van der Waals surface area contributed by atoms with Gasteiger partial charge < -0.3 is 4.90 Å². The zero-order valence-electron chi connectivity index (χ0n) is 11.3. The van der Waals surface area contributed by atoms with E-state index < -0.39 is 10.0 Å². The first-order valence-corrected chi connectivity index (χ1v) is 9.16. The maximum Gasteiger partial charge on any atom is 0.232 e. The molecule has 1 amide bonds. The quantitative estimate of drug-likeness (QED) is 0.802. The lowest BCUT2D eigenvalue weighted by Crippen LogP contribution is -2.24. The van der Waals surface area contributed by atoms with E-state index in [1.54, 1.807) is 17.0 Å². The summed E-state index contributed by atoms with van der Waals surface area (Å²) in [6.07, 6.45) is 1.70. The Bertz CT molecular complexity index is 634. The second-order valence-electron chi connectivity index (χ2n) is 4.78. The lowest BCUT2D eigenvalue weighted by Gasteiger charge is -2.18. The van der Waals surface area contributed by atoms with Crippen LogP contribution in [0.2, 0.25) is 5.02 Å². The van der Waals surface area contributed by atoms with E-state index >= 15 is 0 Å². The van der Waals surface area contributed by atoms with Crippen molar-refractivity contribution >= 4 is 50.5 Å². The van der Waals surface area contributed by atoms with Gasteiger partial charge in [0.25, 0.3) is 0 Å². The lowest BCUT2D eigenvalue weighted by atomic mass is 10.2. The summed E-state index contributed by atoms with van der Waals surface area (Å²) in [7, 11) is -3.43. The smallest absolute Gasteiger partial charge is 0.232 e. The highest BCUT2D eigenvalue weighted by Gasteiger charge is 2.23. The second-order valence-corrected chi connectivity index (χ2v) is 7.41. The summed E-state index contributed by atoms with van der Waals surface area (Å²) < 4.78 is 26.0. The van der Waals surface area contributed by atoms with E-state index in [9.17, 15) is 13.2 Å². The summed E-state index contributed by atoms with van der Waals surface area (Å²) in [5.74, 6) is 0.283. The maximum absolute atomic E-state index is 11.8. The van der Waals surface area contributed by atoms with Crippen LogP contribution in [0.4, 0.5) is 11.4 Å². The summed E-state index contributed by atoms with van der Waals surface area (Å²) in [6.45, 7) is 0.638. The number of nitrogens with one attached hydrogen (secondary N) is 1. The lowest BCUT2D eigenvalue weighted by molar-refractivity contribution is -0.117. The normalized spacial score (nSPS) is 15.5. The number of nitrogens with zero attached hydrogens (tertiary/aromatic N) is 1. The minimum Gasteiger partial charge on any atom is -0.311 e. The molecular weight excluding hydrogens is 335 g/mol. The number of carbonyl (C=O) groups is 1. The highest BCUT2D eigenvalue weighted by atomic mass is 35.5. The first kappa shape index (κ1) is 16.4. The van der Waals surface area contributed by atoms with Gasteiger partial charge in [-0.1, -0.05) is 11.6 Å². The molecule has 8 heteroatoms. The van der Waals surface area contributed by atoms with Gasteiger partial charge >= 0.3 is 0 Å². The van der Waals surface area contributed by atoms with Gasteiger partial charge in [0.15, 0.2) is 0 Å². The monoisotopic (exact) mass is 350 g/mol. The Morgan fingerprint density at radius 1 is 1.33 bits per heavy atom. The fraction of sp³-hybridized carbons (Fsp3) is 0.462. The molecule has 1 aliphatic heterocycles. The average molecular weight is 351 g/mol. The van der Waals surface area contributed by atoms with Crippen molar-refractivity contribution in [1.29, 1.82) is 0 Å². The van der Waals surface area contributed by atoms with E-state index in [0.29, 0.717) is 35.8 Å². The first-order valence-electron chi connectivity index (χ1n) is 6.59. The summed E-state index contributed by atoms with van der Waals surface area (Å²) in [5, 5.41) is 0.350. The number of halogens is 2. The number of alkyl halides is 1. The number of anilines is 2. The largest absolute Gasteiger partial charge is 0.311 e. The van der Waals surface area contributed by atoms with Crippen LogP contribution < -0.4 is 9.62 Å². The fourth-order valence-corrected chi connectivity index (χ4v) is 3.85. The van der Waals surface area contributed by atoms with Gasteiger partial charge in [-0.15, -0.1) is 11.6 Å². The zero-order chi connectivity index (χ0) is 15.5. The third-order valence-electron chi connectivity index (χ3n) is 3.13. The van der Waals surface area contributed by atoms with Crippen LogP contribution in [0.25, 0.3) is 0 Å². The SMILES string of the molecule is O=C1CCCN1c1ccc(NS(=O)(=O)CCCCl)cc1Cl. The number of benzene rings is 1. The summed E-state index contributed by atoms with van der Waals surface area (Å²) >= 11 is 11.7. The molecule has 0 atom stereocenters. The molecular formula is C13H16Cl2N2O3S. The summed E-state index contributed by atoms with van der Waals surface area (Å²) in [6, 6.07) is 4.77. The minimum atomic E-state index is -3.43. The van der Waals surface area contributed by atoms with E-state index in [-0.39, 0.29) is 17.5 Å². The van der Waals surface area contributed by atoms with Gasteiger partial charge in [0.2, 0.25) is 15.9 Å². The highest BCUT2D eigenvalue weighted by Crippen LogP contribution is 2.31. The van der Waals surface area contributed by atoms with E-state index in [2.05, 4.69) is 4.72 Å². The molecule has 0 radical (unpaired) electrons. The van der Waals surface area contributed by atoms with E-state index in [1.165, 1.54) is 6.07 Å². The van der Waals surface area contributed by atoms with Crippen LogP contribution in [-0.4, -0.2) is 32.5 Å².